The standard InChI is InChI=1S/C25H30N2O5S/c1-16(13-23(28)27-22(24(29)30)11-12-33-2)14-26-25(31)32-15-21-19-9-5-3-7-17(19)18-8-4-6-10-20(18)21/h3-10,16,21-22H,11-15H2,1-2H3,(H,26,31)(H,27,28)(H,29,30)/t16?,22-/m0/s1. The molecule has 7 nitrogen and oxygen atoms in total. The number of carbonyl (C=O) groups excluding carboxylic acids is 2. The first-order valence-electron chi connectivity index (χ1n) is 11.0. The quantitative estimate of drug-likeness (QED) is 0.460. The number of amides is 2. The van der Waals surface area contributed by atoms with Crippen molar-refractivity contribution in [3.63, 3.8) is 0 Å². The molecule has 3 N–H and O–H groups in total. The third kappa shape index (κ3) is 6.51. The normalized spacial score (nSPS) is 14.0. The van der Waals surface area contributed by atoms with Crippen molar-refractivity contribution < 1.29 is 24.2 Å². The maximum Gasteiger partial charge on any atom is 0.407 e. The highest BCUT2D eigenvalue weighted by Crippen LogP contribution is 2.44. The number of carboxylic acids is 1. The highest BCUT2D eigenvalue weighted by atomic mass is 32.2. The molecule has 1 unspecified atom stereocenters. The number of carbonyl (C=O) groups is 3. The van der Waals surface area contributed by atoms with E-state index < -0.39 is 18.1 Å². The third-order valence-corrected chi connectivity index (χ3v) is 6.36. The average molecular weight is 471 g/mol. The maximum absolute atomic E-state index is 12.3. The highest BCUT2D eigenvalue weighted by Gasteiger charge is 2.29. The van der Waals surface area contributed by atoms with Gasteiger partial charge in [0.05, 0.1) is 0 Å². The molecule has 3 rings (SSSR count). The van der Waals surface area contributed by atoms with Gasteiger partial charge in [0.15, 0.2) is 0 Å². The predicted molar refractivity (Wildman–Crippen MR) is 129 cm³/mol. The second-order valence-corrected chi connectivity index (χ2v) is 9.24. The van der Waals surface area contributed by atoms with E-state index in [1.165, 1.54) is 22.9 Å². The predicted octanol–water partition coefficient (Wildman–Crippen LogP) is 3.87. The van der Waals surface area contributed by atoms with Crippen molar-refractivity contribution in [2.45, 2.75) is 31.7 Å². The van der Waals surface area contributed by atoms with Crippen LogP contribution in [0.1, 0.15) is 36.8 Å². The second kappa shape index (κ2) is 11.7. The van der Waals surface area contributed by atoms with Crippen LogP contribution in [-0.2, 0) is 14.3 Å². The number of rotatable bonds is 11. The molecule has 0 spiro atoms. The monoisotopic (exact) mass is 470 g/mol. The molecule has 0 heterocycles. The molecular weight excluding hydrogens is 440 g/mol. The van der Waals surface area contributed by atoms with Crippen LogP contribution in [0.15, 0.2) is 48.5 Å². The van der Waals surface area contributed by atoms with Crippen molar-refractivity contribution in [3.8, 4) is 11.1 Å². The summed E-state index contributed by atoms with van der Waals surface area (Å²) in [5.74, 6) is -0.913. The molecule has 2 atom stereocenters. The molecule has 0 saturated carbocycles. The third-order valence-electron chi connectivity index (χ3n) is 5.72. The maximum atomic E-state index is 12.3. The number of nitrogens with one attached hydrogen (secondary N) is 2. The van der Waals surface area contributed by atoms with Crippen LogP contribution in [0.3, 0.4) is 0 Å². The number of alkyl carbamates (subject to hydrolysis) is 1. The summed E-state index contributed by atoms with van der Waals surface area (Å²) in [6.07, 6.45) is 1.84. The van der Waals surface area contributed by atoms with Crippen LogP contribution in [0.5, 0.6) is 0 Å². The van der Waals surface area contributed by atoms with Gasteiger partial charge in [0.1, 0.15) is 12.6 Å². The van der Waals surface area contributed by atoms with Crippen LogP contribution >= 0.6 is 11.8 Å². The van der Waals surface area contributed by atoms with E-state index in [-0.39, 0.29) is 37.3 Å². The fraction of sp³-hybridized carbons (Fsp3) is 0.400. The number of carboxylic acid groups (broad SMARTS) is 1. The summed E-state index contributed by atoms with van der Waals surface area (Å²) in [7, 11) is 0. The number of hydrogen-bond acceptors (Lipinski definition) is 5. The summed E-state index contributed by atoms with van der Waals surface area (Å²) in [6.45, 7) is 2.30. The van der Waals surface area contributed by atoms with Crippen molar-refractivity contribution in [2.75, 3.05) is 25.2 Å². The van der Waals surface area contributed by atoms with Crippen LogP contribution in [0, 0.1) is 5.92 Å². The number of hydrogen-bond donors (Lipinski definition) is 3. The zero-order valence-electron chi connectivity index (χ0n) is 18.9. The number of benzene rings is 2. The lowest BCUT2D eigenvalue weighted by Crippen LogP contribution is -2.42. The van der Waals surface area contributed by atoms with Crippen molar-refractivity contribution >= 4 is 29.7 Å². The van der Waals surface area contributed by atoms with Gasteiger partial charge < -0.3 is 20.5 Å². The molecule has 176 valence electrons. The molecule has 0 bridgehead atoms. The van der Waals surface area contributed by atoms with Crippen molar-refractivity contribution in [2.24, 2.45) is 5.92 Å². The Morgan fingerprint density at radius 3 is 2.24 bits per heavy atom. The fourth-order valence-corrected chi connectivity index (χ4v) is 4.51. The second-order valence-electron chi connectivity index (χ2n) is 8.26. The first-order chi connectivity index (χ1) is 15.9. The average Bonchev–Trinajstić information content (AvgIpc) is 3.12. The molecule has 0 aromatic heterocycles. The Balaban J connectivity index is 1.45. The summed E-state index contributed by atoms with van der Waals surface area (Å²) in [5.41, 5.74) is 4.62. The minimum Gasteiger partial charge on any atom is -0.480 e. The van der Waals surface area contributed by atoms with E-state index in [4.69, 9.17) is 4.74 Å². The Kier molecular flexibility index (Phi) is 8.77. The summed E-state index contributed by atoms with van der Waals surface area (Å²) < 4.78 is 5.50. The topological polar surface area (TPSA) is 105 Å². The minimum absolute atomic E-state index is 0.0133. The zero-order chi connectivity index (χ0) is 23.8. The minimum atomic E-state index is -1.04. The van der Waals surface area contributed by atoms with Crippen molar-refractivity contribution in [3.05, 3.63) is 59.7 Å². The molecule has 2 aromatic carbocycles. The summed E-state index contributed by atoms with van der Waals surface area (Å²) in [6, 6.07) is 15.4. The summed E-state index contributed by atoms with van der Waals surface area (Å²) in [5, 5.41) is 14.5. The first kappa shape index (κ1) is 24.6. The molecule has 33 heavy (non-hydrogen) atoms. The van der Waals surface area contributed by atoms with Gasteiger partial charge in [-0.25, -0.2) is 9.59 Å². The number of ether oxygens (including phenoxy) is 1. The summed E-state index contributed by atoms with van der Waals surface area (Å²) in [4.78, 5) is 35.7. The van der Waals surface area contributed by atoms with E-state index in [0.717, 1.165) is 11.1 Å². The van der Waals surface area contributed by atoms with Crippen LogP contribution in [0.25, 0.3) is 11.1 Å². The first-order valence-corrected chi connectivity index (χ1v) is 12.4. The van der Waals surface area contributed by atoms with Crippen LogP contribution < -0.4 is 10.6 Å². The molecule has 0 radical (unpaired) electrons. The van der Waals surface area contributed by atoms with E-state index in [1.54, 1.807) is 0 Å². The van der Waals surface area contributed by atoms with Gasteiger partial charge in [-0.1, -0.05) is 55.5 Å². The van der Waals surface area contributed by atoms with Gasteiger partial charge in [-0.05, 0) is 46.6 Å². The van der Waals surface area contributed by atoms with Crippen molar-refractivity contribution in [1.82, 2.24) is 10.6 Å². The fourth-order valence-electron chi connectivity index (χ4n) is 4.04. The molecule has 2 aromatic rings. The van der Waals surface area contributed by atoms with Gasteiger partial charge in [0, 0.05) is 18.9 Å². The Morgan fingerprint density at radius 1 is 1.06 bits per heavy atom. The lowest BCUT2D eigenvalue weighted by Gasteiger charge is -2.17. The Labute approximate surface area is 198 Å². The smallest absolute Gasteiger partial charge is 0.407 e. The number of fused-ring (bicyclic) bond motifs is 3. The SMILES string of the molecule is CSCC[C@H](NC(=O)CC(C)CNC(=O)OCC1c2ccccc2-c2ccccc21)C(=O)O. The lowest BCUT2D eigenvalue weighted by atomic mass is 9.98. The van der Waals surface area contributed by atoms with Crippen LogP contribution in [0.4, 0.5) is 4.79 Å². The highest BCUT2D eigenvalue weighted by molar-refractivity contribution is 7.98. The number of thioether (sulfide) groups is 1. The van der Waals surface area contributed by atoms with Crippen LogP contribution in [-0.4, -0.2) is 54.3 Å². The lowest BCUT2D eigenvalue weighted by molar-refractivity contribution is -0.142. The van der Waals surface area contributed by atoms with E-state index in [9.17, 15) is 19.5 Å². The molecule has 1 aliphatic rings. The van der Waals surface area contributed by atoms with Gasteiger partial charge in [0.25, 0.3) is 0 Å². The van der Waals surface area contributed by atoms with Gasteiger partial charge >= 0.3 is 12.1 Å². The van der Waals surface area contributed by atoms with E-state index in [0.29, 0.717) is 12.2 Å². The van der Waals surface area contributed by atoms with Gasteiger partial charge in [-0.2, -0.15) is 11.8 Å². The Morgan fingerprint density at radius 2 is 1.67 bits per heavy atom. The Bertz CT molecular complexity index is 951. The molecule has 0 saturated heterocycles. The molecule has 0 fully saturated rings. The Hall–Kier alpha value is -3.00. The van der Waals surface area contributed by atoms with E-state index in [1.807, 2.05) is 37.4 Å². The van der Waals surface area contributed by atoms with Gasteiger partial charge in [-0.3, -0.25) is 4.79 Å². The van der Waals surface area contributed by atoms with E-state index in [2.05, 4.69) is 34.9 Å². The largest absolute Gasteiger partial charge is 0.480 e. The summed E-state index contributed by atoms with van der Waals surface area (Å²) >= 11 is 1.53. The molecule has 0 aliphatic heterocycles. The van der Waals surface area contributed by atoms with E-state index >= 15 is 0 Å². The van der Waals surface area contributed by atoms with Crippen molar-refractivity contribution in [1.29, 1.82) is 0 Å². The molecule has 8 heteroatoms. The van der Waals surface area contributed by atoms with Gasteiger partial charge in [-0.15, -0.1) is 0 Å². The van der Waals surface area contributed by atoms with Crippen LogP contribution in [0.2, 0.25) is 0 Å². The zero-order valence-corrected chi connectivity index (χ0v) is 19.7. The molecule has 2 amide bonds. The van der Waals surface area contributed by atoms with Gasteiger partial charge in [0.2, 0.25) is 5.91 Å². The number of aliphatic carboxylic acids is 1. The molecular formula is C25H30N2O5S. The molecule has 1 aliphatic carbocycles.